The number of hydrogen-bond donors (Lipinski definition) is 1. The lowest BCUT2D eigenvalue weighted by Gasteiger charge is -2.26. The molecule has 0 spiro atoms. The van der Waals surface area contributed by atoms with E-state index in [1.54, 1.807) is 55.6 Å². The number of aliphatic hydroxyl groups excluding tert-OH is 1. The first-order valence-corrected chi connectivity index (χ1v) is 11.7. The predicted molar refractivity (Wildman–Crippen MR) is 135 cm³/mol. The highest BCUT2D eigenvalue weighted by Crippen LogP contribution is 2.42. The molecule has 0 bridgehead atoms. The van der Waals surface area contributed by atoms with Gasteiger partial charge in [-0.2, -0.15) is 0 Å². The van der Waals surface area contributed by atoms with Crippen molar-refractivity contribution in [2.45, 2.75) is 19.5 Å². The molecular weight excluding hydrogens is 489 g/mol. The quantitative estimate of drug-likeness (QED) is 0.238. The number of Topliss-reactive ketones (excluding diaryl/α,β-unsaturated/α-hetero) is 1. The van der Waals surface area contributed by atoms with Gasteiger partial charge in [0, 0.05) is 16.1 Å². The zero-order valence-electron chi connectivity index (χ0n) is 19.1. The van der Waals surface area contributed by atoms with E-state index in [9.17, 15) is 14.7 Å². The Labute approximate surface area is 213 Å². The van der Waals surface area contributed by atoms with Gasteiger partial charge < -0.3 is 19.5 Å². The molecule has 1 atom stereocenters. The molecule has 8 heteroatoms. The molecule has 1 unspecified atom stereocenters. The molecule has 3 aromatic rings. The van der Waals surface area contributed by atoms with Crippen molar-refractivity contribution in [1.82, 2.24) is 4.90 Å². The van der Waals surface area contributed by atoms with Crippen molar-refractivity contribution in [2.24, 2.45) is 0 Å². The third kappa shape index (κ3) is 4.85. The summed E-state index contributed by atoms with van der Waals surface area (Å²) in [5.41, 5.74) is 1.63. The summed E-state index contributed by atoms with van der Waals surface area (Å²) in [6.07, 6.45) is 0. The summed E-state index contributed by atoms with van der Waals surface area (Å²) in [7, 11) is 1.54. The molecule has 1 aliphatic rings. The number of likely N-dealkylation sites (tertiary alicyclic amines) is 1. The van der Waals surface area contributed by atoms with Crippen molar-refractivity contribution in [3.05, 3.63) is 99.0 Å². The fourth-order valence-electron chi connectivity index (χ4n) is 4.12. The highest BCUT2D eigenvalue weighted by atomic mass is 35.5. The van der Waals surface area contributed by atoms with Gasteiger partial charge in [-0.25, -0.2) is 0 Å². The lowest BCUT2D eigenvalue weighted by atomic mass is 9.95. The topological polar surface area (TPSA) is 76.1 Å². The number of hydrogen-bond acceptors (Lipinski definition) is 5. The molecule has 1 saturated heterocycles. The van der Waals surface area contributed by atoms with E-state index >= 15 is 0 Å². The normalized spacial score (nSPS) is 17.0. The van der Waals surface area contributed by atoms with Gasteiger partial charge in [-0.1, -0.05) is 53.5 Å². The smallest absolute Gasteiger partial charge is 0.295 e. The van der Waals surface area contributed by atoms with Crippen LogP contribution in [0.1, 0.15) is 29.7 Å². The van der Waals surface area contributed by atoms with Crippen LogP contribution in [0.4, 0.5) is 0 Å². The van der Waals surface area contributed by atoms with Crippen molar-refractivity contribution in [3.8, 4) is 11.5 Å². The molecular formula is C27H23Cl2NO5. The minimum absolute atomic E-state index is 0.0306. The number of nitrogens with zero attached hydrogens (tertiary/aromatic N) is 1. The molecule has 0 aromatic heterocycles. The van der Waals surface area contributed by atoms with Gasteiger partial charge in [0.15, 0.2) is 0 Å². The molecule has 1 fully saturated rings. The molecule has 1 N–H and O–H groups in total. The van der Waals surface area contributed by atoms with Crippen molar-refractivity contribution in [2.75, 3.05) is 13.7 Å². The van der Waals surface area contributed by atoms with E-state index in [0.29, 0.717) is 39.3 Å². The van der Waals surface area contributed by atoms with Crippen LogP contribution in [0.2, 0.25) is 10.0 Å². The van der Waals surface area contributed by atoms with Crippen LogP contribution < -0.4 is 9.47 Å². The summed E-state index contributed by atoms with van der Waals surface area (Å²) in [6, 6.07) is 17.9. The lowest BCUT2D eigenvalue weighted by Crippen LogP contribution is -2.29. The molecule has 0 saturated carbocycles. The maximum Gasteiger partial charge on any atom is 0.295 e. The van der Waals surface area contributed by atoms with Crippen LogP contribution >= 0.6 is 23.2 Å². The Bertz CT molecular complexity index is 1300. The van der Waals surface area contributed by atoms with Crippen LogP contribution in [0.3, 0.4) is 0 Å². The first-order chi connectivity index (χ1) is 16.8. The van der Waals surface area contributed by atoms with Crippen LogP contribution in [0, 0.1) is 0 Å². The highest BCUT2D eigenvalue weighted by Gasteiger charge is 2.46. The monoisotopic (exact) mass is 511 g/mol. The molecule has 4 rings (SSSR count). The molecule has 0 radical (unpaired) electrons. The van der Waals surface area contributed by atoms with E-state index in [0.717, 1.165) is 5.56 Å². The number of halogens is 2. The van der Waals surface area contributed by atoms with E-state index in [4.69, 9.17) is 32.7 Å². The van der Waals surface area contributed by atoms with Gasteiger partial charge in [0.25, 0.3) is 11.7 Å². The molecule has 180 valence electrons. The summed E-state index contributed by atoms with van der Waals surface area (Å²) in [5.74, 6) is -0.877. The summed E-state index contributed by atoms with van der Waals surface area (Å²) < 4.78 is 11.0. The van der Waals surface area contributed by atoms with E-state index in [1.807, 2.05) is 25.1 Å². The van der Waals surface area contributed by atoms with Gasteiger partial charge in [-0.05, 0) is 48.9 Å². The van der Waals surface area contributed by atoms with Gasteiger partial charge in [0.2, 0.25) is 0 Å². The predicted octanol–water partition coefficient (Wildman–Crippen LogP) is 6.02. The third-order valence-corrected chi connectivity index (χ3v) is 6.33. The Morgan fingerprint density at radius 3 is 2.40 bits per heavy atom. The van der Waals surface area contributed by atoms with Crippen molar-refractivity contribution in [3.63, 3.8) is 0 Å². The van der Waals surface area contributed by atoms with Crippen LogP contribution in [0.15, 0.2) is 72.3 Å². The summed E-state index contributed by atoms with van der Waals surface area (Å²) in [6.45, 7) is 2.29. The van der Waals surface area contributed by atoms with Gasteiger partial charge in [-0.15, -0.1) is 0 Å². The van der Waals surface area contributed by atoms with Crippen molar-refractivity contribution < 1.29 is 24.2 Å². The Hall–Kier alpha value is -3.48. The fourth-order valence-corrected chi connectivity index (χ4v) is 4.42. The zero-order chi connectivity index (χ0) is 25.1. The third-order valence-electron chi connectivity index (χ3n) is 5.76. The average molecular weight is 512 g/mol. The van der Waals surface area contributed by atoms with E-state index in [-0.39, 0.29) is 17.9 Å². The summed E-state index contributed by atoms with van der Waals surface area (Å²) >= 11 is 12.3. The number of carbonyl (C=O) groups excluding carboxylic acids is 2. The highest BCUT2D eigenvalue weighted by molar-refractivity contribution is 6.46. The first kappa shape index (κ1) is 24.6. The molecule has 1 aliphatic heterocycles. The Balaban J connectivity index is 1.87. The average Bonchev–Trinajstić information content (AvgIpc) is 3.11. The van der Waals surface area contributed by atoms with Crippen molar-refractivity contribution >= 4 is 40.7 Å². The molecule has 1 heterocycles. The van der Waals surface area contributed by atoms with Crippen LogP contribution in [0.25, 0.3) is 5.76 Å². The number of amides is 1. The number of rotatable bonds is 7. The largest absolute Gasteiger partial charge is 0.507 e. The second-order valence-electron chi connectivity index (χ2n) is 7.87. The molecule has 0 aliphatic carbocycles. The van der Waals surface area contributed by atoms with Crippen LogP contribution in [0.5, 0.6) is 11.5 Å². The van der Waals surface area contributed by atoms with E-state index in [1.165, 1.54) is 4.90 Å². The minimum Gasteiger partial charge on any atom is -0.507 e. The van der Waals surface area contributed by atoms with Gasteiger partial charge >= 0.3 is 0 Å². The number of benzene rings is 3. The molecule has 3 aromatic carbocycles. The molecule has 35 heavy (non-hydrogen) atoms. The minimum atomic E-state index is -0.844. The number of ketones is 1. The SMILES string of the molecule is CCOc1cc(/C(O)=C2/C(=O)C(=O)N(Cc3ccccc3OC)C2c2ccc(Cl)cc2)ccc1Cl. The van der Waals surface area contributed by atoms with Crippen LogP contribution in [-0.4, -0.2) is 35.4 Å². The number of aliphatic hydroxyl groups is 1. The Morgan fingerprint density at radius 2 is 1.71 bits per heavy atom. The Kier molecular flexibility index (Phi) is 7.34. The van der Waals surface area contributed by atoms with E-state index in [2.05, 4.69) is 0 Å². The van der Waals surface area contributed by atoms with Gasteiger partial charge in [0.05, 0.1) is 36.9 Å². The second kappa shape index (κ2) is 10.4. The summed E-state index contributed by atoms with van der Waals surface area (Å²) in [5, 5.41) is 12.2. The Morgan fingerprint density at radius 1 is 1.00 bits per heavy atom. The summed E-state index contributed by atoms with van der Waals surface area (Å²) in [4.78, 5) is 28.0. The fraction of sp³-hybridized carbons (Fsp3) is 0.185. The maximum atomic E-state index is 13.3. The van der Waals surface area contributed by atoms with Gasteiger partial charge in [0.1, 0.15) is 17.3 Å². The number of para-hydroxylation sites is 1. The maximum absolute atomic E-state index is 13.3. The lowest BCUT2D eigenvalue weighted by molar-refractivity contribution is -0.140. The van der Waals surface area contributed by atoms with E-state index < -0.39 is 17.7 Å². The first-order valence-electron chi connectivity index (χ1n) is 10.9. The second-order valence-corrected chi connectivity index (χ2v) is 8.71. The number of ether oxygens (including phenoxy) is 2. The standard InChI is InChI=1S/C27H23Cl2NO5/c1-3-35-22-14-17(10-13-20(22)29)25(31)23-24(16-8-11-19(28)12-9-16)30(27(33)26(23)32)15-18-6-4-5-7-21(18)34-2/h4-14,24,31H,3,15H2,1-2H3/b25-23-. The van der Waals surface area contributed by atoms with Crippen molar-refractivity contribution in [1.29, 1.82) is 0 Å². The van der Waals surface area contributed by atoms with Crippen LogP contribution in [-0.2, 0) is 16.1 Å². The number of methoxy groups -OCH3 is 1. The molecule has 1 amide bonds. The molecule has 6 nitrogen and oxygen atoms in total. The number of carbonyl (C=O) groups is 2. The zero-order valence-corrected chi connectivity index (χ0v) is 20.6. The van der Waals surface area contributed by atoms with Gasteiger partial charge in [-0.3, -0.25) is 9.59 Å².